The van der Waals surface area contributed by atoms with Gasteiger partial charge in [-0.25, -0.2) is 0 Å². The average molecular weight is 220 g/mol. The molecule has 0 aromatic heterocycles. The van der Waals surface area contributed by atoms with Crippen LogP contribution in [-0.4, -0.2) is 20.2 Å². The first-order valence-electron chi connectivity index (χ1n) is 5.70. The van der Waals surface area contributed by atoms with Crippen LogP contribution in [-0.2, 0) is 0 Å². The van der Waals surface area contributed by atoms with E-state index in [1.165, 1.54) is 6.42 Å². The summed E-state index contributed by atoms with van der Waals surface area (Å²) in [4.78, 5) is 2.35. The first kappa shape index (κ1) is 11.1. The van der Waals surface area contributed by atoms with Gasteiger partial charge in [0.2, 0.25) is 0 Å². The van der Waals surface area contributed by atoms with E-state index in [-0.39, 0.29) is 0 Å². The number of benzene rings is 1. The molecule has 16 heavy (non-hydrogen) atoms. The fourth-order valence-corrected chi connectivity index (χ4v) is 2.24. The van der Waals surface area contributed by atoms with E-state index in [0.717, 1.165) is 30.2 Å². The molecule has 1 aliphatic rings. The first-order chi connectivity index (χ1) is 7.52. The summed E-state index contributed by atoms with van der Waals surface area (Å²) in [6.45, 7) is 6.72. The van der Waals surface area contributed by atoms with Crippen LogP contribution >= 0.6 is 0 Å². The summed E-state index contributed by atoms with van der Waals surface area (Å²) in [6.07, 6.45) is 1.21. The van der Waals surface area contributed by atoms with Crippen LogP contribution in [0.15, 0.2) is 18.2 Å². The van der Waals surface area contributed by atoms with Gasteiger partial charge in [-0.3, -0.25) is 0 Å². The molecule has 0 spiro atoms. The van der Waals surface area contributed by atoms with Crippen LogP contribution in [0.5, 0.6) is 5.75 Å². The van der Waals surface area contributed by atoms with Gasteiger partial charge in [0.05, 0.1) is 18.5 Å². The van der Waals surface area contributed by atoms with E-state index in [9.17, 15) is 0 Å². The number of hydrogen-bond donors (Lipinski definition) is 1. The molecule has 0 radical (unpaired) electrons. The van der Waals surface area contributed by atoms with Crippen LogP contribution in [0.2, 0.25) is 0 Å². The molecule has 1 fully saturated rings. The predicted octanol–water partition coefficient (Wildman–Crippen LogP) is 2.51. The van der Waals surface area contributed by atoms with E-state index < -0.39 is 0 Å². The number of nitrogens with two attached hydrogens (primary N) is 1. The minimum Gasteiger partial charge on any atom is -0.497 e. The molecule has 0 saturated carbocycles. The monoisotopic (exact) mass is 220 g/mol. The molecule has 0 aliphatic carbocycles. The highest BCUT2D eigenvalue weighted by atomic mass is 16.5. The molecule has 1 saturated heterocycles. The second kappa shape index (κ2) is 3.89. The Morgan fingerprint density at radius 2 is 2.12 bits per heavy atom. The van der Waals surface area contributed by atoms with Gasteiger partial charge >= 0.3 is 0 Å². The van der Waals surface area contributed by atoms with Crippen LogP contribution in [0.25, 0.3) is 0 Å². The van der Waals surface area contributed by atoms with Crippen LogP contribution in [0.4, 0.5) is 11.4 Å². The molecule has 2 N–H and O–H groups in total. The van der Waals surface area contributed by atoms with Gasteiger partial charge in [0.15, 0.2) is 0 Å². The lowest BCUT2D eigenvalue weighted by Crippen LogP contribution is -2.23. The summed E-state index contributed by atoms with van der Waals surface area (Å²) in [5.41, 5.74) is 8.33. The smallest absolute Gasteiger partial charge is 0.121 e. The maximum absolute atomic E-state index is 6.02. The third kappa shape index (κ3) is 2.08. The first-order valence-corrected chi connectivity index (χ1v) is 5.70. The van der Waals surface area contributed by atoms with Crippen LogP contribution < -0.4 is 15.4 Å². The maximum atomic E-state index is 6.02. The van der Waals surface area contributed by atoms with Gasteiger partial charge in [0.1, 0.15) is 5.75 Å². The zero-order valence-electron chi connectivity index (χ0n) is 10.3. The molecule has 1 aromatic carbocycles. The van der Waals surface area contributed by atoms with Crippen molar-refractivity contribution in [3.05, 3.63) is 18.2 Å². The largest absolute Gasteiger partial charge is 0.497 e. The molecular formula is C13H20N2O. The summed E-state index contributed by atoms with van der Waals surface area (Å²) >= 11 is 0. The normalized spacial score (nSPS) is 18.8. The highest BCUT2D eigenvalue weighted by molar-refractivity contribution is 5.70. The summed E-state index contributed by atoms with van der Waals surface area (Å²) < 4.78 is 5.24. The predicted molar refractivity (Wildman–Crippen MR) is 68.0 cm³/mol. The Labute approximate surface area is 97.2 Å². The SMILES string of the molecule is COc1ccc(N)c(N2CCC(C)(C)C2)c1. The fraction of sp³-hybridized carbons (Fsp3) is 0.538. The lowest BCUT2D eigenvalue weighted by molar-refractivity contribution is 0.413. The topological polar surface area (TPSA) is 38.5 Å². The summed E-state index contributed by atoms with van der Waals surface area (Å²) in [7, 11) is 1.68. The molecule has 1 aliphatic heterocycles. The molecule has 3 nitrogen and oxygen atoms in total. The van der Waals surface area contributed by atoms with Crippen LogP contribution in [0.1, 0.15) is 20.3 Å². The standard InChI is InChI=1S/C13H20N2O/c1-13(2)6-7-15(9-13)12-8-10(16-3)4-5-11(12)14/h4-5,8H,6-7,9,14H2,1-3H3. The van der Waals surface area contributed by atoms with E-state index in [0.29, 0.717) is 5.41 Å². The zero-order chi connectivity index (χ0) is 11.8. The van der Waals surface area contributed by atoms with E-state index in [4.69, 9.17) is 10.5 Å². The Balaban J connectivity index is 2.27. The molecule has 1 aromatic rings. The van der Waals surface area contributed by atoms with Gasteiger partial charge in [-0.2, -0.15) is 0 Å². The number of hydrogen-bond acceptors (Lipinski definition) is 3. The average Bonchev–Trinajstić information content (AvgIpc) is 2.59. The van der Waals surface area contributed by atoms with Crippen molar-refractivity contribution in [3.8, 4) is 5.75 Å². The molecule has 0 amide bonds. The number of ether oxygens (including phenoxy) is 1. The Morgan fingerprint density at radius 3 is 2.69 bits per heavy atom. The van der Waals surface area contributed by atoms with Gasteiger partial charge < -0.3 is 15.4 Å². The highest BCUT2D eigenvalue weighted by Crippen LogP contribution is 2.36. The summed E-state index contributed by atoms with van der Waals surface area (Å²) in [5, 5.41) is 0. The van der Waals surface area contributed by atoms with Crippen molar-refractivity contribution < 1.29 is 4.74 Å². The van der Waals surface area contributed by atoms with E-state index in [1.807, 2.05) is 18.2 Å². The number of anilines is 2. The van der Waals surface area contributed by atoms with Crippen molar-refractivity contribution >= 4 is 11.4 Å². The van der Waals surface area contributed by atoms with Crippen molar-refractivity contribution in [2.45, 2.75) is 20.3 Å². The summed E-state index contributed by atoms with van der Waals surface area (Å²) in [5.74, 6) is 0.869. The highest BCUT2D eigenvalue weighted by Gasteiger charge is 2.30. The molecular weight excluding hydrogens is 200 g/mol. The Hall–Kier alpha value is -1.38. The zero-order valence-corrected chi connectivity index (χ0v) is 10.3. The molecule has 1 heterocycles. The van der Waals surface area contributed by atoms with Gasteiger partial charge in [-0.05, 0) is 24.0 Å². The maximum Gasteiger partial charge on any atom is 0.121 e. The minimum absolute atomic E-state index is 0.384. The van der Waals surface area contributed by atoms with Crippen molar-refractivity contribution in [2.24, 2.45) is 5.41 Å². The number of nitrogens with zero attached hydrogens (tertiary/aromatic N) is 1. The lowest BCUT2D eigenvalue weighted by Gasteiger charge is -2.23. The molecule has 88 valence electrons. The third-order valence-corrected chi connectivity index (χ3v) is 3.26. The Kier molecular flexibility index (Phi) is 2.70. The molecule has 0 atom stereocenters. The fourth-order valence-electron chi connectivity index (χ4n) is 2.24. The van der Waals surface area contributed by atoms with Crippen LogP contribution in [0.3, 0.4) is 0 Å². The second-order valence-corrected chi connectivity index (χ2v) is 5.26. The quantitative estimate of drug-likeness (QED) is 0.778. The van der Waals surface area contributed by atoms with Gasteiger partial charge in [0.25, 0.3) is 0 Å². The van der Waals surface area contributed by atoms with E-state index in [2.05, 4.69) is 18.7 Å². The Morgan fingerprint density at radius 1 is 1.38 bits per heavy atom. The number of rotatable bonds is 2. The van der Waals surface area contributed by atoms with Gasteiger partial charge in [-0.1, -0.05) is 13.8 Å². The minimum atomic E-state index is 0.384. The lowest BCUT2D eigenvalue weighted by atomic mass is 9.93. The molecule has 0 bridgehead atoms. The van der Waals surface area contributed by atoms with E-state index in [1.54, 1.807) is 7.11 Å². The molecule has 3 heteroatoms. The third-order valence-electron chi connectivity index (χ3n) is 3.26. The van der Waals surface area contributed by atoms with E-state index >= 15 is 0 Å². The van der Waals surface area contributed by atoms with Gasteiger partial charge in [0, 0.05) is 19.2 Å². The molecule has 0 unspecified atom stereocenters. The van der Waals surface area contributed by atoms with Crippen molar-refractivity contribution in [1.29, 1.82) is 0 Å². The van der Waals surface area contributed by atoms with Crippen molar-refractivity contribution in [1.82, 2.24) is 0 Å². The second-order valence-electron chi connectivity index (χ2n) is 5.26. The number of methoxy groups -OCH3 is 1. The number of nitrogen functional groups attached to an aromatic ring is 1. The van der Waals surface area contributed by atoms with Crippen molar-refractivity contribution in [2.75, 3.05) is 30.8 Å². The summed E-state index contributed by atoms with van der Waals surface area (Å²) in [6, 6.07) is 5.84. The van der Waals surface area contributed by atoms with Gasteiger partial charge in [-0.15, -0.1) is 0 Å². The Bertz CT molecular complexity index is 388. The van der Waals surface area contributed by atoms with Crippen molar-refractivity contribution in [3.63, 3.8) is 0 Å². The molecule has 2 rings (SSSR count). The van der Waals surface area contributed by atoms with Crippen LogP contribution in [0, 0.1) is 5.41 Å².